The summed E-state index contributed by atoms with van der Waals surface area (Å²) in [4.78, 5) is 14.7. The zero-order valence-corrected chi connectivity index (χ0v) is 12.9. The van der Waals surface area contributed by atoms with Crippen molar-refractivity contribution >= 4 is 28.5 Å². The van der Waals surface area contributed by atoms with Gasteiger partial charge in [-0.1, -0.05) is 12.8 Å². The summed E-state index contributed by atoms with van der Waals surface area (Å²) in [6.45, 7) is 0.863. The number of amides is 1. The maximum Gasteiger partial charge on any atom is 0.255 e. The summed E-state index contributed by atoms with van der Waals surface area (Å²) in [5, 5.41) is 0. The molecule has 2 nitrogen and oxygen atoms in total. The predicted molar refractivity (Wildman–Crippen MR) is 80.5 cm³/mol. The maximum atomic E-state index is 13.1. The highest BCUT2D eigenvalue weighted by molar-refractivity contribution is 14.1. The molecule has 4 heteroatoms. The van der Waals surface area contributed by atoms with E-state index in [2.05, 4.69) is 0 Å². The summed E-state index contributed by atoms with van der Waals surface area (Å²) in [6.07, 6.45) is 6.06. The van der Waals surface area contributed by atoms with E-state index in [0.717, 1.165) is 19.4 Å². The van der Waals surface area contributed by atoms with Crippen LogP contribution in [0.5, 0.6) is 0 Å². The van der Waals surface area contributed by atoms with Crippen LogP contribution >= 0.6 is 22.6 Å². The van der Waals surface area contributed by atoms with Crippen molar-refractivity contribution < 1.29 is 9.18 Å². The molecule has 1 saturated carbocycles. The summed E-state index contributed by atoms with van der Waals surface area (Å²) in [6, 6.07) is 4.85. The molecule has 0 N–H and O–H groups in total. The van der Waals surface area contributed by atoms with Crippen LogP contribution in [0.15, 0.2) is 18.2 Å². The number of likely N-dealkylation sites (tertiary alicyclic amines) is 1. The zero-order chi connectivity index (χ0) is 13.4. The van der Waals surface area contributed by atoms with Crippen LogP contribution in [-0.2, 0) is 0 Å². The SMILES string of the molecule is O=C(c1ccc(F)cc1I)N1CC[C@@H]2CCCC[C@H]21. The summed E-state index contributed by atoms with van der Waals surface area (Å²) < 4.78 is 13.8. The highest BCUT2D eigenvalue weighted by Crippen LogP contribution is 2.37. The summed E-state index contributed by atoms with van der Waals surface area (Å²) in [5.74, 6) is 0.493. The maximum absolute atomic E-state index is 13.1. The van der Waals surface area contributed by atoms with Gasteiger partial charge in [0.15, 0.2) is 0 Å². The number of carbonyl (C=O) groups is 1. The Bertz CT molecular complexity index is 505. The Hall–Kier alpha value is -0.650. The molecule has 1 heterocycles. The first-order valence-corrected chi connectivity index (χ1v) is 8.00. The van der Waals surface area contributed by atoms with Gasteiger partial charge in [-0.2, -0.15) is 0 Å². The molecule has 2 aliphatic rings. The fourth-order valence-corrected chi connectivity index (χ4v) is 4.18. The Morgan fingerprint density at radius 2 is 2.05 bits per heavy atom. The average Bonchev–Trinajstić information content (AvgIpc) is 2.82. The molecule has 19 heavy (non-hydrogen) atoms. The van der Waals surface area contributed by atoms with E-state index in [4.69, 9.17) is 0 Å². The molecule has 1 aromatic rings. The molecule has 102 valence electrons. The van der Waals surface area contributed by atoms with Crippen molar-refractivity contribution in [3.8, 4) is 0 Å². The van der Waals surface area contributed by atoms with Crippen molar-refractivity contribution in [2.24, 2.45) is 5.92 Å². The van der Waals surface area contributed by atoms with Gasteiger partial charge in [0, 0.05) is 16.2 Å². The quantitative estimate of drug-likeness (QED) is 0.686. The van der Waals surface area contributed by atoms with Gasteiger partial charge < -0.3 is 4.90 Å². The van der Waals surface area contributed by atoms with E-state index >= 15 is 0 Å². The average molecular weight is 373 g/mol. The van der Waals surface area contributed by atoms with Gasteiger partial charge in [0.05, 0.1) is 5.56 Å². The van der Waals surface area contributed by atoms with E-state index in [1.165, 1.54) is 31.4 Å². The number of hydrogen-bond acceptors (Lipinski definition) is 1. The lowest BCUT2D eigenvalue weighted by atomic mass is 9.85. The van der Waals surface area contributed by atoms with Gasteiger partial charge in [0.1, 0.15) is 5.82 Å². The van der Waals surface area contributed by atoms with Crippen molar-refractivity contribution in [2.75, 3.05) is 6.54 Å². The normalized spacial score (nSPS) is 26.3. The van der Waals surface area contributed by atoms with Gasteiger partial charge in [-0.15, -0.1) is 0 Å². The lowest BCUT2D eigenvalue weighted by molar-refractivity contribution is 0.0689. The van der Waals surface area contributed by atoms with Gasteiger partial charge in [-0.25, -0.2) is 4.39 Å². The molecule has 1 saturated heterocycles. The van der Waals surface area contributed by atoms with Crippen molar-refractivity contribution in [2.45, 2.75) is 38.1 Å². The summed E-state index contributed by atoms with van der Waals surface area (Å²) >= 11 is 2.05. The highest BCUT2D eigenvalue weighted by atomic mass is 127. The largest absolute Gasteiger partial charge is 0.335 e. The van der Waals surface area contributed by atoms with Gasteiger partial charge in [-0.05, 0) is 66.0 Å². The summed E-state index contributed by atoms with van der Waals surface area (Å²) in [5.41, 5.74) is 0.647. The molecule has 3 rings (SSSR count). The number of rotatable bonds is 1. The standard InChI is InChI=1S/C15H17FINO/c16-11-5-6-12(13(17)9-11)15(19)18-8-7-10-3-1-2-4-14(10)18/h5-6,9-10,14H,1-4,7-8H2/t10-,14+/m0/s1. The lowest BCUT2D eigenvalue weighted by Gasteiger charge is -2.31. The number of carbonyl (C=O) groups excluding carboxylic acids is 1. The molecule has 2 fully saturated rings. The number of nitrogens with zero attached hydrogens (tertiary/aromatic N) is 1. The van der Waals surface area contributed by atoms with Crippen molar-refractivity contribution in [1.82, 2.24) is 4.90 Å². The predicted octanol–water partition coefficient (Wildman–Crippen LogP) is 3.84. The Morgan fingerprint density at radius 1 is 1.26 bits per heavy atom. The van der Waals surface area contributed by atoms with Crippen molar-refractivity contribution in [1.29, 1.82) is 0 Å². The van der Waals surface area contributed by atoms with E-state index in [9.17, 15) is 9.18 Å². The molecule has 2 atom stereocenters. The minimum Gasteiger partial charge on any atom is -0.335 e. The second-order valence-corrected chi connectivity index (χ2v) is 6.69. The third kappa shape index (κ3) is 2.51. The number of hydrogen-bond donors (Lipinski definition) is 0. The highest BCUT2D eigenvalue weighted by Gasteiger charge is 2.38. The summed E-state index contributed by atoms with van der Waals surface area (Å²) in [7, 11) is 0. The van der Waals surface area contributed by atoms with Gasteiger partial charge >= 0.3 is 0 Å². The van der Waals surface area contributed by atoms with Crippen LogP contribution in [0.25, 0.3) is 0 Å². The smallest absolute Gasteiger partial charge is 0.255 e. The van der Waals surface area contributed by atoms with Gasteiger partial charge in [-0.3, -0.25) is 4.79 Å². The van der Waals surface area contributed by atoms with Crippen LogP contribution < -0.4 is 0 Å². The molecule has 0 bridgehead atoms. The van der Waals surface area contributed by atoms with Crippen LogP contribution in [0.1, 0.15) is 42.5 Å². The van der Waals surface area contributed by atoms with E-state index < -0.39 is 0 Å². The van der Waals surface area contributed by atoms with Crippen LogP contribution in [0.2, 0.25) is 0 Å². The van der Waals surface area contributed by atoms with E-state index in [1.54, 1.807) is 6.07 Å². The van der Waals surface area contributed by atoms with E-state index in [0.29, 0.717) is 21.1 Å². The first-order chi connectivity index (χ1) is 9.16. The molecule has 0 spiro atoms. The molecule has 0 aromatic heterocycles. The third-order valence-electron chi connectivity index (χ3n) is 4.43. The monoisotopic (exact) mass is 373 g/mol. The Morgan fingerprint density at radius 3 is 2.84 bits per heavy atom. The fourth-order valence-electron chi connectivity index (χ4n) is 3.48. The van der Waals surface area contributed by atoms with Gasteiger partial charge in [0.25, 0.3) is 5.91 Å². The Kier molecular flexibility index (Phi) is 3.78. The molecule has 1 aromatic carbocycles. The topological polar surface area (TPSA) is 20.3 Å². The number of benzene rings is 1. The molecular weight excluding hydrogens is 356 g/mol. The Labute approximate surface area is 126 Å². The second-order valence-electron chi connectivity index (χ2n) is 5.52. The van der Waals surface area contributed by atoms with Crippen LogP contribution in [-0.4, -0.2) is 23.4 Å². The third-order valence-corrected chi connectivity index (χ3v) is 5.32. The van der Waals surface area contributed by atoms with E-state index in [-0.39, 0.29) is 11.7 Å². The first kappa shape index (κ1) is 13.3. The molecule has 1 aliphatic carbocycles. The second kappa shape index (κ2) is 5.38. The molecule has 0 radical (unpaired) electrons. The van der Waals surface area contributed by atoms with Crippen LogP contribution in [0.4, 0.5) is 4.39 Å². The number of halogens is 2. The lowest BCUT2D eigenvalue weighted by Crippen LogP contribution is -2.39. The van der Waals surface area contributed by atoms with E-state index in [1.807, 2.05) is 27.5 Å². The zero-order valence-electron chi connectivity index (χ0n) is 10.7. The van der Waals surface area contributed by atoms with Crippen molar-refractivity contribution in [3.63, 3.8) is 0 Å². The molecular formula is C15H17FINO. The minimum absolute atomic E-state index is 0.0822. The molecule has 1 amide bonds. The van der Waals surface area contributed by atoms with Crippen LogP contribution in [0, 0.1) is 15.3 Å². The fraction of sp³-hybridized carbons (Fsp3) is 0.533. The van der Waals surface area contributed by atoms with Crippen LogP contribution in [0.3, 0.4) is 0 Å². The molecule has 1 aliphatic heterocycles. The van der Waals surface area contributed by atoms with Gasteiger partial charge in [0.2, 0.25) is 0 Å². The molecule has 0 unspecified atom stereocenters. The van der Waals surface area contributed by atoms with Crippen molar-refractivity contribution in [3.05, 3.63) is 33.1 Å². The minimum atomic E-state index is -0.280. The Balaban J connectivity index is 1.83. The first-order valence-electron chi connectivity index (χ1n) is 6.93. The number of fused-ring (bicyclic) bond motifs is 1.